The van der Waals surface area contributed by atoms with Gasteiger partial charge in [0.05, 0.1) is 13.2 Å². The van der Waals surface area contributed by atoms with Gasteiger partial charge in [-0.25, -0.2) is 0 Å². The van der Waals surface area contributed by atoms with Gasteiger partial charge in [0.1, 0.15) is 12.4 Å². The Morgan fingerprint density at radius 2 is 2.39 bits per heavy atom. The zero-order chi connectivity index (χ0) is 12.8. The fourth-order valence-corrected chi connectivity index (χ4v) is 1.90. The lowest BCUT2D eigenvalue weighted by Crippen LogP contribution is -2.23. The van der Waals surface area contributed by atoms with Gasteiger partial charge in [0, 0.05) is 19.5 Å². The fraction of sp³-hybridized carbons (Fsp3) is 0.462. The van der Waals surface area contributed by atoms with Crippen LogP contribution in [0.5, 0.6) is 5.75 Å². The Morgan fingerprint density at radius 3 is 3.22 bits per heavy atom. The van der Waals surface area contributed by atoms with E-state index in [-0.39, 0.29) is 6.61 Å². The normalized spacial score (nSPS) is 13.1. The Kier molecular flexibility index (Phi) is 4.55. The van der Waals surface area contributed by atoms with Crippen LogP contribution >= 0.6 is 0 Å². The van der Waals surface area contributed by atoms with Gasteiger partial charge in [-0.05, 0) is 17.2 Å². The first-order valence-corrected chi connectivity index (χ1v) is 6.07. The third-order valence-corrected chi connectivity index (χ3v) is 2.75. The Morgan fingerprint density at radius 1 is 1.50 bits per heavy atom. The van der Waals surface area contributed by atoms with Crippen LogP contribution in [0.1, 0.15) is 11.1 Å². The highest BCUT2D eigenvalue weighted by Crippen LogP contribution is 2.25. The average molecular weight is 250 g/mol. The Labute approximate surface area is 106 Å². The van der Waals surface area contributed by atoms with Crippen molar-refractivity contribution in [3.8, 4) is 5.75 Å². The van der Waals surface area contributed by atoms with E-state index >= 15 is 0 Å². The molecule has 1 heterocycles. The molecule has 5 nitrogen and oxygen atoms in total. The molecule has 0 atom stereocenters. The number of nitrogens with one attached hydrogen (secondary N) is 1. The number of ether oxygens (including phenoxy) is 2. The van der Waals surface area contributed by atoms with Crippen LogP contribution in [0.15, 0.2) is 18.2 Å². The molecule has 0 fully saturated rings. The number of benzene rings is 1. The Hall–Kier alpha value is -1.59. The van der Waals surface area contributed by atoms with Gasteiger partial charge < -0.3 is 20.5 Å². The highest BCUT2D eigenvalue weighted by molar-refractivity contribution is 5.74. The molecule has 0 saturated heterocycles. The minimum Gasteiger partial charge on any atom is -0.493 e. The van der Waals surface area contributed by atoms with E-state index in [1.165, 1.54) is 11.1 Å². The smallest absolute Gasteiger partial charge is 0.243 e. The van der Waals surface area contributed by atoms with Crippen molar-refractivity contribution in [3.05, 3.63) is 29.3 Å². The Balaban J connectivity index is 1.66. The van der Waals surface area contributed by atoms with Crippen LogP contribution < -0.4 is 15.8 Å². The first-order valence-electron chi connectivity index (χ1n) is 6.07. The predicted molar refractivity (Wildman–Crippen MR) is 67.4 cm³/mol. The SMILES string of the molecule is NC(=O)COCCNCc1ccc2c(c1)CCO2. The van der Waals surface area contributed by atoms with Crippen molar-refractivity contribution in [3.63, 3.8) is 0 Å². The highest BCUT2D eigenvalue weighted by Gasteiger charge is 2.11. The monoisotopic (exact) mass is 250 g/mol. The molecule has 98 valence electrons. The van der Waals surface area contributed by atoms with E-state index in [9.17, 15) is 4.79 Å². The van der Waals surface area contributed by atoms with Gasteiger partial charge in [0.2, 0.25) is 5.91 Å². The molecule has 1 aliphatic rings. The predicted octanol–water partition coefficient (Wildman–Crippen LogP) is 0.213. The molecule has 1 aliphatic heterocycles. The van der Waals surface area contributed by atoms with Gasteiger partial charge in [-0.1, -0.05) is 12.1 Å². The molecular formula is C13H18N2O3. The molecule has 0 aliphatic carbocycles. The summed E-state index contributed by atoms with van der Waals surface area (Å²) < 4.78 is 10.5. The van der Waals surface area contributed by atoms with Crippen molar-refractivity contribution in [1.29, 1.82) is 0 Å². The van der Waals surface area contributed by atoms with Gasteiger partial charge in [-0.3, -0.25) is 4.79 Å². The molecule has 0 saturated carbocycles. The number of carbonyl (C=O) groups excluding carboxylic acids is 1. The lowest BCUT2D eigenvalue weighted by atomic mass is 10.1. The van der Waals surface area contributed by atoms with E-state index in [0.717, 1.165) is 25.3 Å². The number of amides is 1. The van der Waals surface area contributed by atoms with E-state index < -0.39 is 5.91 Å². The fourth-order valence-electron chi connectivity index (χ4n) is 1.90. The lowest BCUT2D eigenvalue weighted by molar-refractivity contribution is -0.122. The van der Waals surface area contributed by atoms with Crippen molar-refractivity contribution in [2.75, 3.05) is 26.4 Å². The number of carbonyl (C=O) groups is 1. The van der Waals surface area contributed by atoms with Crippen molar-refractivity contribution >= 4 is 5.91 Å². The second kappa shape index (κ2) is 6.37. The van der Waals surface area contributed by atoms with E-state index in [1.807, 2.05) is 6.07 Å². The van der Waals surface area contributed by atoms with E-state index in [2.05, 4.69) is 17.4 Å². The standard InChI is InChI=1S/C13H18N2O3/c14-13(16)9-17-6-4-15-8-10-1-2-12-11(7-10)3-5-18-12/h1-2,7,15H,3-6,8-9H2,(H2,14,16). The summed E-state index contributed by atoms with van der Waals surface area (Å²) in [6.45, 7) is 2.73. The zero-order valence-corrected chi connectivity index (χ0v) is 10.3. The molecular weight excluding hydrogens is 232 g/mol. The first-order chi connectivity index (χ1) is 8.75. The first kappa shape index (κ1) is 12.9. The van der Waals surface area contributed by atoms with E-state index in [1.54, 1.807) is 0 Å². The second-order valence-corrected chi connectivity index (χ2v) is 4.24. The molecule has 0 aromatic heterocycles. The molecule has 3 N–H and O–H groups in total. The quantitative estimate of drug-likeness (QED) is 0.679. The maximum absolute atomic E-state index is 10.4. The minimum atomic E-state index is -0.436. The molecule has 0 spiro atoms. The summed E-state index contributed by atoms with van der Waals surface area (Å²) in [7, 11) is 0. The third-order valence-electron chi connectivity index (χ3n) is 2.75. The number of fused-ring (bicyclic) bond motifs is 1. The maximum Gasteiger partial charge on any atom is 0.243 e. The summed E-state index contributed by atoms with van der Waals surface area (Å²) in [5.74, 6) is 0.567. The maximum atomic E-state index is 10.4. The summed E-state index contributed by atoms with van der Waals surface area (Å²) >= 11 is 0. The molecule has 0 radical (unpaired) electrons. The van der Waals surface area contributed by atoms with Gasteiger partial charge in [-0.2, -0.15) is 0 Å². The number of hydrogen-bond donors (Lipinski definition) is 2. The minimum absolute atomic E-state index is 0.0160. The summed E-state index contributed by atoms with van der Waals surface area (Å²) in [4.78, 5) is 10.4. The molecule has 1 aromatic carbocycles. The van der Waals surface area contributed by atoms with Crippen LogP contribution in [0.25, 0.3) is 0 Å². The number of rotatable bonds is 7. The van der Waals surface area contributed by atoms with Crippen LogP contribution in [-0.4, -0.2) is 32.3 Å². The van der Waals surface area contributed by atoms with Crippen LogP contribution in [0, 0.1) is 0 Å². The van der Waals surface area contributed by atoms with E-state index in [4.69, 9.17) is 15.2 Å². The molecule has 2 rings (SSSR count). The molecule has 5 heteroatoms. The summed E-state index contributed by atoms with van der Waals surface area (Å²) in [5, 5.41) is 3.25. The zero-order valence-electron chi connectivity index (χ0n) is 10.3. The largest absolute Gasteiger partial charge is 0.493 e. The molecule has 1 aromatic rings. The van der Waals surface area contributed by atoms with Gasteiger partial charge in [-0.15, -0.1) is 0 Å². The molecule has 1 amide bonds. The topological polar surface area (TPSA) is 73.6 Å². The van der Waals surface area contributed by atoms with Gasteiger partial charge >= 0.3 is 0 Å². The average Bonchev–Trinajstić information content (AvgIpc) is 2.80. The summed E-state index contributed by atoms with van der Waals surface area (Å²) in [6.07, 6.45) is 0.991. The van der Waals surface area contributed by atoms with E-state index in [0.29, 0.717) is 13.2 Å². The number of nitrogens with two attached hydrogens (primary N) is 1. The van der Waals surface area contributed by atoms with Crippen molar-refractivity contribution in [2.24, 2.45) is 5.73 Å². The summed E-state index contributed by atoms with van der Waals surface area (Å²) in [5.41, 5.74) is 7.46. The van der Waals surface area contributed by atoms with Gasteiger partial charge in [0.25, 0.3) is 0 Å². The molecule has 0 unspecified atom stereocenters. The Bertz CT molecular complexity index is 421. The number of primary amides is 1. The molecule has 18 heavy (non-hydrogen) atoms. The molecule has 0 bridgehead atoms. The van der Waals surface area contributed by atoms with Crippen LogP contribution in [0.2, 0.25) is 0 Å². The second-order valence-electron chi connectivity index (χ2n) is 4.24. The van der Waals surface area contributed by atoms with Crippen molar-refractivity contribution < 1.29 is 14.3 Å². The van der Waals surface area contributed by atoms with Crippen molar-refractivity contribution in [1.82, 2.24) is 5.32 Å². The van der Waals surface area contributed by atoms with Crippen LogP contribution in [0.4, 0.5) is 0 Å². The lowest BCUT2D eigenvalue weighted by Gasteiger charge is -2.06. The summed E-state index contributed by atoms with van der Waals surface area (Å²) in [6, 6.07) is 6.24. The van der Waals surface area contributed by atoms with Crippen molar-refractivity contribution in [2.45, 2.75) is 13.0 Å². The highest BCUT2D eigenvalue weighted by atomic mass is 16.5. The number of hydrogen-bond acceptors (Lipinski definition) is 4. The van der Waals surface area contributed by atoms with Gasteiger partial charge in [0.15, 0.2) is 0 Å². The van der Waals surface area contributed by atoms with Crippen LogP contribution in [0.3, 0.4) is 0 Å². The van der Waals surface area contributed by atoms with Crippen LogP contribution in [-0.2, 0) is 22.5 Å². The third kappa shape index (κ3) is 3.72.